The molecule has 6 heteroatoms. The second-order valence-corrected chi connectivity index (χ2v) is 5.28. The summed E-state index contributed by atoms with van der Waals surface area (Å²) >= 11 is 1.37. The third-order valence-electron chi connectivity index (χ3n) is 2.11. The molecule has 0 radical (unpaired) electrons. The quantitative estimate of drug-likeness (QED) is 0.696. The van der Waals surface area contributed by atoms with Gasteiger partial charge in [-0.2, -0.15) is 0 Å². The van der Waals surface area contributed by atoms with E-state index in [2.05, 4.69) is 10.3 Å². The van der Waals surface area contributed by atoms with Crippen LogP contribution in [0.2, 0.25) is 0 Å². The van der Waals surface area contributed by atoms with Crippen LogP contribution in [0.3, 0.4) is 0 Å². The molecule has 0 bridgehead atoms. The molecule has 0 aliphatic rings. The van der Waals surface area contributed by atoms with Crippen LogP contribution in [0, 0.1) is 5.41 Å². The van der Waals surface area contributed by atoms with Crippen LogP contribution in [-0.2, 0) is 6.54 Å². The molecular formula is C10H17N3O2S. The van der Waals surface area contributed by atoms with Gasteiger partial charge >= 0.3 is 0 Å². The number of aliphatic hydroxyl groups excluding tert-OH is 1. The lowest BCUT2D eigenvalue weighted by molar-refractivity contribution is 0.0906. The Morgan fingerprint density at radius 2 is 2.38 bits per heavy atom. The molecule has 1 aromatic heterocycles. The lowest BCUT2D eigenvalue weighted by atomic mass is 9.95. The van der Waals surface area contributed by atoms with E-state index in [1.807, 2.05) is 13.8 Å². The summed E-state index contributed by atoms with van der Waals surface area (Å²) in [4.78, 5) is 15.7. The maximum absolute atomic E-state index is 11.6. The van der Waals surface area contributed by atoms with E-state index in [0.717, 1.165) is 5.01 Å². The summed E-state index contributed by atoms with van der Waals surface area (Å²) in [6.45, 7) is 4.54. The first-order valence-electron chi connectivity index (χ1n) is 5.02. The molecule has 0 aliphatic carbocycles. The van der Waals surface area contributed by atoms with E-state index in [9.17, 15) is 4.79 Å². The standard InChI is InChI=1S/C10H17N3O2S/c1-10(2,6-14)5-12-9(15)7-4-16-8(3-11)13-7/h4,14H,3,5-6,11H2,1-2H3,(H,12,15). The van der Waals surface area contributed by atoms with E-state index in [1.165, 1.54) is 11.3 Å². The first-order chi connectivity index (χ1) is 7.48. The lowest BCUT2D eigenvalue weighted by Gasteiger charge is -2.21. The molecule has 0 unspecified atom stereocenters. The number of carbonyl (C=O) groups is 1. The molecule has 1 amide bonds. The average molecular weight is 243 g/mol. The number of aliphatic hydroxyl groups is 1. The highest BCUT2D eigenvalue weighted by molar-refractivity contribution is 7.09. The van der Waals surface area contributed by atoms with Crippen LogP contribution in [0.4, 0.5) is 0 Å². The maximum Gasteiger partial charge on any atom is 0.270 e. The van der Waals surface area contributed by atoms with Crippen molar-refractivity contribution in [2.24, 2.45) is 11.1 Å². The van der Waals surface area contributed by atoms with Crippen LogP contribution in [0.25, 0.3) is 0 Å². The number of rotatable bonds is 5. The molecule has 0 aromatic carbocycles. The van der Waals surface area contributed by atoms with Crippen LogP contribution < -0.4 is 11.1 Å². The second-order valence-electron chi connectivity index (χ2n) is 4.34. The summed E-state index contributed by atoms with van der Waals surface area (Å²) in [6.07, 6.45) is 0. The van der Waals surface area contributed by atoms with Gasteiger partial charge in [-0.1, -0.05) is 13.8 Å². The van der Waals surface area contributed by atoms with Gasteiger partial charge in [-0.15, -0.1) is 11.3 Å². The Kier molecular flexibility index (Phi) is 4.40. The van der Waals surface area contributed by atoms with Crippen molar-refractivity contribution in [2.45, 2.75) is 20.4 Å². The molecule has 1 heterocycles. The second kappa shape index (κ2) is 5.38. The summed E-state index contributed by atoms with van der Waals surface area (Å²) in [6, 6.07) is 0. The number of hydrogen-bond acceptors (Lipinski definition) is 5. The average Bonchev–Trinajstić information content (AvgIpc) is 2.74. The number of nitrogens with one attached hydrogen (secondary N) is 1. The van der Waals surface area contributed by atoms with Crippen LogP contribution in [-0.4, -0.2) is 29.1 Å². The summed E-state index contributed by atoms with van der Waals surface area (Å²) in [7, 11) is 0. The van der Waals surface area contributed by atoms with Crippen molar-refractivity contribution in [3.8, 4) is 0 Å². The number of nitrogens with zero attached hydrogens (tertiary/aromatic N) is 1. The van der Waals surface area contributed by atoms with Crippen LogP contribution in [0.1, 0.15) is 29.3 Å². The third kappa shape index (κ3) is 3.55. The first kappa shape index (κ1) is 13.1. The smallest absolute Gasteiger partial charge is 0.270 e. The van der Waals surface area contributed by atoms with Crippen molar-refractivity contribution >= 4 is 17.2 Å². The summed E-state index contributed by atoms with van der Waals surface area (Å²) in [5, 5.41) is 14.2. The predicted molar refractivity (Wildman–Crippen MR) is 63.2 cm³/mol. The minimum Gasteiger partial charge on any atom is -0.396 e. The zero-order valence-electron chi connectivity index (χ0n) is 9.49. The Morgan fingerprint density at radius 3 is 2.88 bits per heavy atom. The third-order valence-corrected chi connectivity index (χ3v) is 2.99. The molecule has 4 N–H and O–H groups in total. The zero-order chi connectivity index (χ0) is 12.2. The highest BCUT2D eigenvalue weighted by Crippen LogP contribution is 2.12. The lowest BCUT2D eigenvalue weighted by Crippen LogP contribution is -2.36. The van der Waals surface area contributed by atoms with Gasteiger partial charge in [0, 0.05) is 30.5 Å². The Hall–Kier alpha value is -0.980. The topological polar surface area (TPSA) is 88.2 Å². The minimum atomic E-state index is -0.317. The molecule has 0 saturated carbocycles. The Balaban J connectivity index is 2.53. The van der Waals surface area contributed by atoms with Gasteiger partial charge in [-0.25, -0.2) is 4.98 Å². The highest BCUT2D eigenvalue weighted by Gasteiger charge is 2.18. The fraction of sp³-hybridized carbons (Fsp3) is 0.600. The largest absolute Gasteiger partial charge is 0.396 e. The van der Waals surface area contributed by atoms with Crippen LogP contribution in [0.5, 0.6) is 0 Å². The molecule has 90 valence electrons. The summed E-state index contributed by atoms with van der Waals surface area (Å²) in [5.41, 5.74) is 5.48. The molecule has 16 heavy (non-hydrogen) atoms. The van der Waals surface area contributed by atoms with Gasteiger partial charge in [-0.3, -0.25) is 4.79 Å². The zero-order valence-corrected chi connectivity index (χ0v) is 10.3. The van der Waals surface area contributed by atoms with Gasteiger partial charge in [0.25, 0.3) is 5.91 Å². The highest BCUT2D eigenvalue weighted by atomic mass is 32.1. The Bertz CT molecular complexity index is 363. The Morgan fingerprint density at radius 1 is 1.69 bits per heavy atom. The number of aromatic nitrogens is 1. The normalized spacial score (nSPS) is 11.5. The molecule has 0 spiro atoms. The first-order valence-corrected chi connectivity index (χ1v) is 5.90. The number of thiazole rings is 1. The van der Waals surface area contributed by atoms with E-state index in [0.29, 0.717) is 18.8 Å². The van der Waals surface area contributed by atoms with E-state index >= 15 is 0 Å². The molecule has 0 fully saturated rings. The van der Waals surface area contributed by atoms with Crippen molar-refractivity contribution in [1.29, 1.82) is 0 Å². The van der Waals surface area contributed by atoms with Gasteiger partial charge in [0.15, 0.2) is 0 Å². The fourth-order valence-electron chi connectivity index (χ4n) is 0.975. The van der Waals surface area contributed by atoms with Gasteiger partial charge in [0.05, 0.1) is 0 Å². The van der Waals surface area contributed by atoms with Crippen molar-refractivity contribution in [2.75, 3.05) is 13.2 Å². The van der Waals surface area contributed by atoms with Crippen LogP contribution in [0.15, 0.2) is 5.38 Å². The maximum atomic E-state index is 11.6. The molecule has 0 atom stereocenters. The van der Waals surface area contributed by atoms with Gasteiger partial charge < -0.3 is 16.2 Å². The molecule has 0 aliphatic heterocycles. The Labute approximate surface area is 98.7 Å². The van der Waals surface area contributed by atoms with E-state index in [-0.39, 0.29) is 17.9 Å². The van der Waals surface area contributed by atoms with Crippen molar-refractivity contribution in [3.05, 3.63) is 16.1 Å². The van der Waals surface area contributed by atoms with E-state index < -0.39 is 0 Å². The fourth-order valence-corrected chi connectivity index (χ4v) is 1.63. The molecule has 5 nitrogen and oxygen atoms in total. The van der Waals surface area contributed by atoms with Gasteiger partial charge in [-0.05, 0) is 0 Å². The number of carbonyl (C=O) groups excluding carboxylic acids is 1. The molecule has 1 aromatic rings. The molecular weight excluding hydrogens is 226 g/mol. The predicted octanol–water partition coefficient (Wildman–Crippen LogP) is 0.350. The number of nitrogens with two attached hydrogens (primary N) is 1. The number of hydrogen-bond donors (Lipinski definition) is 3. The van der Waals surface area contributed by atoms with Crippen molar-refractivity contribution in [1.82, 2.24) is 10.3 Å². The molecule has 1 rings (SSSR count). The van der Waals surface area contributed by atoms with E-state index in [4.69, 9.17) is 10.8 Å². The minimum absolute atomic E-state index is 0.0262. The van der Waals surface area contributed by atoms with Crippen molar-refractivity contribution < 1.29 is 9.90 Å². The number of amides is 1. The van der Waals surface area contributed by atoms with E-state index in [1.54, 1.807) is 5.38 Å². The summed E-state index contributed by atoms with van der Waals surface area (Å²) in [5.74, 6) is -0.225. The van der Waals surface area contributed by atoms with Gasteiger partial charge in [0.1, 0.15) is 10.7 Å². The van der Waals surface area contributed by atoms with Crippen LogP contribution >= 0.6 is 11.3 Å². The monoisotopic (exact) mass is 243 g/mol. The summed E-state index contributed by atoms with van der Waals surface area (Å²) < 4.78 is 0. The van der Waals surface area contributed by atoms with Gasteiger partial charge in [0.2, 0.25) is 0 Å². The molecule has 0 saturated heterocycles. The van der Waals surface area contributed by atoms with Crippen molar-refractivity contribution in [3.63, 3.8) is 0 Å². The SMILES string of the molecule is CC(C)(CO)CNC(=O)c1csc(CN)n1.